The number of esters is 1. The zero-order valence-electron chi connectivity index (χ0n) is 21.6. The molecule has 194 valence electrons. The summed E-state index contributed by atoms with van der Waals surface area (Å²) in [6, 6.07) is 0. The van der Waals surface area contributed by atoms with E-state index < -0.39 is 29.5 Å². The molecule has 8 heteroatoms. The number of aliphatic hydroxyl groups excluding tert-OH is 2. The summed E-state index contributed by atoms with van der Waals surface area (Å²) in [5.41, 5.74) is 0.330. The monoisotopic (exact) mass is 505 g/mol. The minimum Gasteiger partial charge on any atom is -0.455 e. The van der Waals surface area contributed by atoms with Gasteiger partial charge < -0.3 is 19.7 Å². The topological polar surface area (TPSA) is 109 Å². The summed E-state index contributed by atoms with van der Waals surface area (Å²) < 4.78 is 11.9. The molecule has 6 atom stereocenters. The molecule has 0 aromatic carbocycles. The molecule has 1 aromatic heterocycles. The molecular formula is C27H39NO6S. The van der Waals surface area contributed by atoms with Crippen LogP contribution in [0.5, 0.6) is 0 Å². The summed E-state index contributed by atoms with van der Waals surface area (Å²) in [7, 11) is 0. The summed E-state index contributed by atoms with van der Waals surface area (Å²) >= 11 is 1.37. The molecule has 7 nitrogen and oxygen atoms in total. The molecule has 3 rings (SSSR count). The number of hydrogen-bond donors (Lipinski definition) is 2. The Hall–Kier alpha value is -1.87. The van der Waals surface area contributed by atoms with E-state index in [0.717, 1.165) is 24.8 Å². The van der Waals surface area contributed by atoms with Gasteiger partial charge in [-0.3, -0.25) is 4.79 Å². The minimum atomic E-state index is -0.921. The highest BCUT2D eigenvalue weighted by molar-refractivity contribution is 7.09. The van der Waals surface area contributed by atoms with Crippen LogP contribution in [0, 0.1) is 17.3 Å². The number of nitrogens with zero attached hydrogens (tertiary/aromatic N) is 1. The van der Waals surface area contributed by atoms with Crippen molar-refractivity contribution < 1.29 is 29.3 Å². The van der Waals surface area contributed by atoms with Gasteiger partial charge in [0.2, 0.25) is 0 Å². The first-order chi connectivity index (χ1) is 16.4. The molecule has 2 aliphatic heterocycles. The third-order valence-corrected chi connectivity index (χ3v) is 8.27. The number of ketones is 1. The molecular weight excluding hydrogens is 466 g/mol. The van der Waals surface area contributed by atoms with E-state index in [4.69, 9.17) is 9.47 Å². The molecule has 2 aliphatic rings. The number of carbonyl (C=O) groups excluding carboxylic acids is 2. The average Bonchev–Trinajstić information content (AvgIpc) is 3.22. The van der Waals surface area contributed by atoms with Gasteiger partial charge in [0.15, 0.2) is 0 Å². The number of aliphatic hydroxyl groups is 2. The smallest absolute Gasteiger partial charge is 0.331 e. The lowest BCUT2D eigenvalue weighted by Gasteiger charge is -2.30. The third-order valence-electron chi connectivity index (χ3n) is 7.42. The lowest BCUT2D eigenvalue weighted by atomic mass is 9.76. The van der Waals surface area contributed by atoms with Crippen molar-refractivity contribution in [1.29, 1.82) is 0 Å². The first-order valence-corrected chi connectivity index (χ1v) is 13.3. The molecule has 0 spiro atoms. The van der Waals surface area contributed by atoms with E-state index in [1.165, 1.54) is 17.4 Å². The zero-order chi connectivity index (χ0) is 26.0. The number of thiazole rings is 1. The number of carbonyl (C=O) groups is 2. The van der Waals surface area contributed by atoms with Gasteiger partial charge in [-0.1, -0.05) is 26.3 Å². The standard InChI is InChI=1S/C27H39NO6S/c1-16-8-7-10-27(6)21(34-27)13-20(17(2)12-19-15-35-22(14-29)28-19)33-23(30)9-11-26(4,5)25(32)18(3)24(16)31/h9,11-12,15-16,18,20-21,24,29,31H,7-8,10,13-14H2,1-6H3. The van der Waals surface area contributed by atoms with Crippen molar-refractivity contribution in [3.05, 3.63) is 33.8 Å². The van der Waals surface area contributed by atoms with Crippen molar-refractivity contribution in [2.75, 3.05) is 0 Å². The second-order valence-electron chi connectivity index (χ2n) is 10.9. The maximum Gasteiger partial charge on any atom is 0.331 e. The number of cyclic esters (lactones) is 1. The maximum absolute atomic E-state index is 13.1. The molecule has 1 saturated heterocycles. The molecule has 35 heavy (non-hydrogen) atoms. The van der Waals surface area contributed by atoms with Gasteiger partial charge in [0, 0.05) is 29.2 Å². The van der Waals surface area contributed by atoms with Crippen LogP contribution in [0.1, 0.15) is 77.9 Å². The van der Waals surface area contributed by atoms with Crippen LogP contribution in [-0.2, 0) is 25.7 Å². The predicted octanol–water partition coefficient (Wildman–Crippen LogP) is 4.47. The molecule has 0 bridgehead atoms. The number of rotatable bonds is 3. The molecule has 0 amide bonds. The van der Waals surface area contributed by atoms with E-state index in [2.05, 4.69) is 11.9 Å². The van der Waals surface area contributed by atoms with E-state index >= 15 is 0 Å². The van der Waals surface area contributed by atoms with Gasteiger partial charge in [-0.2, -0.15) is 0 Å². The fraction of sp³-hybridized carbons (Fsp3) is 0.667. The summed E-state index contributed by atoms with van der Waals surface area (Å²) in [4.78, 5) is 30.3. The fourth-order valence-corrected chi connectivity index (χ4v) is 5.45. The Balaban J connectivity index is 1.86. The SMILES string of the molecule is CC(=Cc1csc(CO)n1)C1CC2OC2(C)CCCC(C)C(O)C(C)C(=O)C(C)(C)C=CC(=O)O1. The average molecular weight is 506 g/mol. The maximum atomic E-state index is 13.1. The normalized spacial score (nSPS) is 34.9. The van der Waals surface area contributed by atoms with Crippen LogP contribution in [0.25, 0.3) is 6.08 Å². The largest absolute Gasteiger partial charge is 0.455 e. The first-order valence-electron chi connectivity index (χ1n) is 12.4. The summed E-state index contributed by atoms with van der Waals surface area (Å²) in [5, 5.41) is 22.6. The highest BCUT2D eigenvalue weighted by atomic mass is 32.1. The quantitative estimate of drug-likeness (QED) is 0.461. The Kier molecular flexibility index (Phi) is 8.73. The lowest BCUT2D eigenvalue weighted by Crippen LogP contribution is -2.38. The van der Waals surface area contributed by atoms with E-state index in [1.807, 2.05) is 25.3 Å². The zero-order valence-corrected chi connectivity index (χ0v) is 22.4. The van der Waals surface area contributed by atoms with Crippen molar-refractivity contribution in [2.24, 2.45) is 17.3 Å². The Morgan fingerprint density at radius 1 is 1.29 bits per heavy atom. The van der Waals surface area contributed by atoms with Gasteiger partial charge in [-0.05, 0) is 58.1 Å². The van der Waals surface area contributed by atoms with E-state index in [9.17, 15) is 19.8 Å². The van der Waals surface area contributed by atoms with E-state index in [-0.39, 0.29) is 30.0 Å². The van der Waals surface area contributed by atoms with Gasteiger partial charge in [-0.15, -0.1) is 11.3 Å². The van der Waals surface area contributed by atoms with Crippen LogP contribution in [0.4, 0.5) is 0 Å². The molecule has 0 radical (unpaired) electrons. The minimum absolute atomic E-state index is 0.0211. The molecule has 2 N–H and O–H groups in total. The van der Waals surface area contributed by atoms with Crippen molar-refractivity contribution in [1.82, 2.24) is 4.98 Å². The van der Waals surface area contributed by atoms with Gasteiger partial charge in [0.05, 0.1) is 30.1 Å². The summed E-state index contributed by atoms with van der Waals surface area (Å²) in [6.45, 7) is 11.1. The summed E-state index contributed by atoms with van der Waals surface area (Å²) in [6.07, 6.45) is 6.48. The Morgan fingerprint density at radius 3 is 2.66 bits per heavy atom. The molecule has 6 unspecified atom stereocenters. The molecule has 0 aliphatic carbocycles. The number of ether oxygens (including phenoxy) is 2. The molecule has 0 saturated carbocycles. The first kappa shape index (κ1) is 27.7. The van der Waals surface area contributed by atoms with Crippen molar-refractivity contribution in [3.63, 3.8) is 0 Å². The third kappa shape index (κ3) is 6.88. The van der Waals surface area contributed by atoms with Crippen LogP contribution in [0.2, 0.25) is 0 Å². The van der Waals surface area contributed by atoms with Crippen LogP contribution in [0.3, 0.4) is 0 Å². The lowest BCUT2D eigenvalue weighted by molar-refractivity contribution is -0.141. The van der Waals surface area contributed by atoms with Crippen LogP contribution in [0.15, 0.2) is 23.1 Å². The Bertz CT molecular complexity index is 982. The Morgan fingerprint density at radius 2 is 2.00 bits per heavy atom. The van der Waals surface area contributed by atoms with Crippen LogP contribution >= 0.6 is 11.3 Å². The molecule has 3 heterocycles. The van der Waals surface area contributed by atoms with E-state index in [0.29, 0.717) is 17.1 Å². The van der Waals surface area contributed by atoms with Gasteiger partial charge in [0.25, 0.3) is 0 Å². The second kappa shape index (κ2) is 11.0. The number of fused-ring (bicyclic) bond motifs is 1. The molecule has 1 aromatic rings. The van der Waals surface area contributed by atoms with Gasteiger partial charge >= 0.3 is 5.97 Å². The number of epoxide rings is 1. The number of aromatic nitrogens is 1. The van der Waals surface area contributed by atoms with Crippen LogP contribution in [-0.4, -0.2) is 50.9 Å². The van der Waals surface area contributed by atoms with Crippen molar-refractivity contribution in [2.45, 2.75) is 97.7 Å². The van der Waals surface area contributed by atoms with Crippen LogP contribution < -0.4 is 0 Å². The number of hydrogen-bond acceptors (Lipinski definition) is 8. The second-order valence-corrected chi connectivity index (χ2v) is 11.8. The van der Waals surface area contributed by atoms with Gasteiger partial charge in [0.1, 0.15) is 16.9 Å². The fourth-order valence-electron chi connectivity index (χ4n) is 4.84. The predicted molar refractivity (Wildman–Crippen MR) is 136 cm³/mol. The highest BCUT2D eigenvalue weighted by Crippen LogP contribution is 2.45. The number of Topliss-reactive ketones (excluding diaryl/α,β-unsaturated/α-hetero) is 1. The van der Waals surface area contributed by atoms with Crippen molar-refractivity contribution >= 4 is 29.2 Å². The van der Waals surface area contributed by atoms with E-state index in [1.54, 1.807) is 26.8 Å². The highest BCUT2D eigenvalue weighted by Gasteiger charge is 2.52. The Labute approximate surface area is 212 Å². The molecule has 1 fully saturated rings. The van der Waals surface area contributed by atoms with Crippen molar-refractivity contribution in [3.8, 4) is 0 Å². The summed E-state index contributed by atoms with van der Waals surface area (Å²) in [5.74, 6) is -1.21. The number of allylic oxidation sites excluding steroid dienone is 1. The van der Waals surface area contributed by atoms with Gasteiger partial charge in [-0.25, -0.2) is 9.78 Å².